The van der Waals surface area contributed by atoms with Crippen molar-refractivity contribution in [2.45, 2.75) is 71.9 Å². The molecule has 4 rings (SSSR count). The van der Waals surface area contributed by atoms with Crippen molar-refractivity contribution >= 4 is 26.1 Å². The summed E-state index contributed by atoms with van der Waals surface area (Å²) >= 11 is 0. The number of hydrogen-bond donors (Lipinski definition) is 4. The molecule has 2 heterocycles. The Balaban J connectivity index is 1.13. The number of hydrazine groups is 1. The number of carbonyl (C=O) groups excluding carboxylic acids is 2. The highest BCUT2D eigenvalue weighted by Crippen LogP contribution is 2.41. The van der Waals surface area contributed by atoms with Crippen molar-refractivity contribution in [3.63, 3.8) is 0 Å². The Hall–Kier alpha value is -4.07. The molecule has 2 amide bonds. The topological polar surface area (TPSA) is 220 Å². The largest absolute Gasteiger partial charge is 0.401 e. The van der Waals surface area contributed by atoms with E-state index in [9.17, 15) is 14.5 Å². The van der Waals surface area contributed by atoms with Crippen LogP contribution in [-0.2, 0) is 55.4 Å². The fourth-order valence-corrected chi connectivity index (χ4v) is 7.14. The van der Waals surface area contributed by atoms with Crippen molar-refractivity contribution in [3.8, 4) is 22.5 Å². The zero-order chi connectivity index (χ0) is 45.1. The van der Waals surface area contributed by atoms with E-state index in [0.717, 1.165) is 60.2 Å². The van der Waals surface area contributed by atoms with E-state index in [-0.39, 0.29) is 24.7 Å². The van der Waals surface area contributed by atoms with Crippen molar-refractivity contribution in [3.05, 3.63) is 66.0 Å². The average Bonchev–Trinajstić information content (AvgIpc) is 3.68. The van der Waals surface area contributed by atoms with Gasteiger partial charge in [-0.2, -0.15) is 0 Å². The molecule has 0 radical (unpaired) electrons. The Morgan fingerprint density at radius 1 is 0.841 bits per heavy atom. The predicted molar refractivity (Wildman–Crippen MR) is 242 cm³/mol. The number of nitrogens with two attached hydrogens (primary N) is 2. The van der Waals surface area contributed by atoms with Gasteiger partial charge in [0.1, 0.15) is 5.69 Å². The molecule has 1 aliphatic rings. The van der Waals surface area contributed by atoms with Crippen LogP contribution < -0.4 is 21.8 Å². The Morgan fingerprint density at radius 3 is 2.14 bits per heavy atom. The first kappa shape index (κ1) is 51.6. The van der Waals surface area contributed by atoms with Gasteiger partial charge in [-0.25, -0.2) is 10.5 Å². The van der Waals surface area contributed by atoms with Crippen LogP contribution in [0.2, 0.25) is 0 Å². The standard InChI is InChI=1S/C44H69N8O10P/c1-35(2)32-37(45)34-50(46)19-22-57-24-26-59-28-30-61-31-29-60-27-25-58-23-20-52-44-38-13-7-6-12-36(38)33-51(40-15-9-8-14-39(40)43(44)48-49-52)42(54)17-16-41(53)47-18-10-4-5-11-21-62-63(55)56-3/h6-9,12-15,34-35,55H,4-5,10-11,16-33,45-46H2,1-3H3,(H,47,53)/b37-34-. The number of para-hydroxylation sites is 1. The van der Waals surface area contributed by atoms with Crippen LogP contribution in [0.15, 0.2) is 60.4 Å². The lowest BCUT2D eigenvalue weighted by atomic mass is 9.95. The molecule has 2 aromatic carbocycles. The van der Waals surface area contributed by atoms with Crippen LogP contribution in [0, 0.1) is 5.92 Å². The summed E-state index contributed by atoms with van der Waals surface area (Å²) in [5.74, 6) is 6.10. The van der Waals surface area contributed by atoms with Gasteiger partial charge in [0.15, 0.2) is 0 Å². The van der Waals surface area contributed by atoms with Crippen molar-refractivity contribution in [2.75, 3.05) is 97.8 Å². The first-order valence-corrected chi connectivity index (χ1v) is 23.0. The van der Waals surface area contributed by atoms with Crippen LogP contribution in [0.1, 0.15) is 64.4 Å². The highest BCUT2D eigenvalue weighted by molar-refractivity contribution is 7.40. The highest BCUT2D eigenvalue weighted by Gasteiger charge is 2.29. The van der Waals surface area contributed by atoms with E-state index in [1.807, 2.05) is 53.2 Å². The SMILES string of the molecule is COP(O)OCCCCCCNC(=O)CCC(=O)N1Cc2ccccc2-c2c(nnn2CCOCCOCCOCCOCCOCCN(N)/C=C(\N)CC(C)C)-c2ccccc21. The molecule has 0 spiro atoms. The lowest BCUT2D eigenvalue weighted by molar-refractivity contribution is -0.125. The molecule has 1 atom stereocenters. The number of ether oxygens (including phenoxy) is 5. The summed E-state index contributed by atoms with van der Waals surface area (Å²) in [5.41, 5.74) is 11.6. The summed E-state index contributed by atoms with van der Waals surface area (Å²) in [4.78, 5) is 37.6. The van der Waals surface area contributed by atoms with E-state index < -0.39 is 8.60 Å². The molecule has 350 valence electrons. The van der Waals surface area contributed by atoms with Crippen LogP contribution in [-0.4, -0.2) is 130 Å². The molecular formula is C44H69N8O10P. The van der Waals surface area contributed by atoms with Crippen LogP contribution in [0.3, 0.4) is 0 Å². The molecule has 0 aliphatic carbocycles. The minimum atomic E-state index is -1.79. The smallest absolute Gasteiger partial charge is 0.329 e. The summed E-state index contributed by atoms with van der Waals surface area (Å²) < 4.78 is 40.0. The monoisotopic (exact) mass is 900 g/mol. The molecule has 1 aliphatic heterocycles. The second-order valence-corrected chi connectivity index (χ2v) is 16.4. The first-order chi connectivity index (χ1) is 30.7. The quantitative estimate of drug-likeness (QED) is 0.0276. The van der Waals surface area contributed by atoms with E-state index in [1.54, 1.807) is 16.1 Å². The van der Waals surface area contributed by atoms with Gasteiger partial charge in [0.2, 0.25) is 11.8 Å². The molecule has 1 aromatic heterocycles. The minimum Gasteiger partial charge on any atom is -0.401 e. The minimum absolute atomic E-state index is 0.0626. The van der Waals surface area contributed by atoms with Gasteiger partial charge >= 0.3 is 8.60 Å². The van der Waals surface area contributed by atoms with E-state index in [2.05, 4.69) is 29.5 Å². The fraction of sp³-hybridized carbons (Fsp3) is 0.591. The van der Waals surface area contributed by atoms with Gasteiger partial charge in [0.25, 0.3) is 0 Å². The molecule has 19 heteroatoms. The molecule has 0 saturated heterocycles. The van der Waals surface area contributed by atoms with Crippen molar-refractivity contribution in [1.82, 2.24) is 25.3 Å². The van der Waals surface area contributed by atoms with E-state index in [1.165, 1.54) is 7.11 Å². The number of hydrogen-bond acceptors (Lipinski definition) is 15. The summed E-state index contributed by atoms with van der Waals surface area (Å²) in [7, 11) is -0.390. The van der Waals surface area contributed by atoms with Gasteiger partial charge in [0, 0.05) is 49.5 Å². The summed E-state index contributed by atoms with van der Waals surface area (Å²) in [6.45, 7) is 11.0. The van der Waals surface area contributed by atoms with Crippen molar-refractivity contribution in [1.29, 1.82) is 0 Å². The fourth-order valence-electron chi connectivity index (χ4n) is 6.75. The second-order valence-electron chi connectivity index (χ2n) is 15.3. The summed E-state index contributed by atoms with van der Waals surface area (Å²) in [6, 6.07) is 15.6. The van der Waals surface area contributed by atoms with Crippen molar-refractivity contribution in [2.24, 2.45) is 17.5 Å². The molecule has 0 fully saturated rings. The summed E-state index contributed by atoms with van der Waals surface area (Å²) in [6.07, 6.45) is 6.14. The van der Waals surface area contributed by atoms with Crippen LogP contribution in [0.5, 0.6) is 0 Å². The maximum absolute atomic E-state index is 13.8. The van der Waals surface area contributed by atoms with Crippen LogP contribution in [0.4, 0.5) is 5.69 Å². The highest BCUT2D eigenvalue weighted by atomic mass is 31.2. The first-order valence-electron chi connectivity index (χ1n) is 21.9. The third kappa shape index (κ3) is 19.3. The third-order valence-electron chi connectivity index (χ3n) is 9.81. The molecule has 6 N–H and O–H groups in total. The number of benzene rings is 2. The lowest BCUT2D eigenvalue weighted by Crippen LogP contribution is -2.33. The second kappa shape index (κ2) is 30.1. The third-order valence-corrected chi connectivity index (χ3v) is 10.5. The zero-order valence-corrected chi connectivity index (χ0v) is 38.2. The maximum atomic E-state index is 13.8. The number of fused-ring (bicyclic) bond motifs is 5. The normalized spacial score (nSPS) is 13.0. The molecular weight excluding hydrogens is 832 g/mol. The Kier molecular flexibility index (Phi) is 24.7. The number of aromatic nitrogens is 3. The maximum Gasteiger partial charge on any atom is 0.329 e. The van der Waals surface area contributed by atoms with Gasteiger partial charge in [-0.3, -0.25) is 9.59 Å². The number of nitrogens with one attached hydrogen (secondary N) is 1. The van der Waals surface area contributed by atoms with Gasteiger partial charge < -0.3 is 58.6 Å². The van der Waals surface area contributed by atoms with Gasteiger partial charge in [-0.05, 0) is 36.8 Å². The number of anilines is 1. The van der Waals surface area contributed by atoms with Crippen molar-refractivity contribution < 1.29 is 47.2 Å². The molecule has 0 saturated carbocycles. The molecule has 1 unspecified atom stereocenters. The Labute approximate surface area is 373 Å². The van der Waals surface area contributed by atoms with Gasteiger partial charge in [0.05, 0.1) is 104 Å². The molecule has 18 nitrogen and oxygen atoms in total. The number of unbranched alkanes of at least 4 members (excludes halogenated alkanes) is 3. The summed E-state index contributed by atoms with van der Waals surface area (Å²) in [5, 5.41) is 13.6. The lowest BCUT2D eigenvalue weighted by Gasteiger charge is -2.28. The van der Waals surface area contributed by atoms with E-state index >= 15 is 0 Å². The van der Waals surface area contributed by atoms with E-state index in [0.29, 0.717) is 116 Å². The average molecular weight is 901 g/mol. The zero-order valence-electron chi connectivity index (χ0n) is 37.3. The number of carbonyl (C=O) groups is 2. The number of amides is 2. The Morgan fingerprint density at radius 2 is 1.46 bits per heavy atom. The van der Waals surface area contributed by atoms with Crippen LogP contribution in [0.25, 0.3) is 22.5 Å². The van der Waals surface area contributed by atoms with Crippen LogP contribution >= 0.6 is 8.60 Å². The number of rotatable bonds is 33. The van der Waals surface area contributed by atoms with E-state index in [4.69, 9.17) is 44.3 Å². The predicted octanol–water partition coefficient (Wildman–Crippen LogP) is 4.90. The molecule has 0 bridgehead atoms. The number of nitrogens with zero attached hydrogens (tertiary/aromatic N) is 5. The number of allylic oxidation sites excluding steroid dienone is 1. The molecule has 3 aromatic rings. The van der Waals surface area contributed by atoms with Gasteiger partial charge in [-0.1, -0.05) is 74.4 Å². The Bertz CT molecular complexity index is 1800. The van der Waals surface area contributed by atoms with Gasteiger partial charge in [-0.15, -0.1) is 5.10 Å². The molecule has 63 heavy (non-hydrogen) atoms.